The molecule has 1 fully saturated rings. The summed E-state index contributed by atoms with van der Waals surface area (Å²) in [5.41, 5.74) is 1.88. The smallest absolute Gasteiger partial charge is 0.305 e. The number of rotatable bonds is 9. The van der Waals surface area contributed by atoms with Gasteiger partial charge in [-0.1, -0.05) is 24.3 Å². The van der Waals surface area contributed by atoms with E-state index in [1.807, 2.05) is 0 Å². The summed E-state index contributed by atoms with van der Waals surface area (Å²) in [7, 11) is 1.34. The van der Waals surface area contributed by atoms with Crippen molar-refractivity contribution in [2.24, 2.45) is 0 Å². The second kappa shape index (κ2) is 11.7. The minimum atomic E-state index is -0.297. The summed E-state index contributed by atoms with van der Waals surface area (Å²) in [6.07, 6.45) is 0.826. The van der Waals surface area contributed by atoms with Gasteiger partial charge in [-0.05, 0) is 41.8 Å². The summed E-state index contributed by atoms with van der Waals surface area (Å²) in [4.78, 5) is 27.7. The third kappa shape index (κ3) is 6.83. The molecule has 0 spiro atoms. The Morgan fingerprint density at radius 3 is 1.97 bits per heavy atom. The lowest BCUT2D eigenvalue weighted by atomic mass is 9.96. The third-order valence-corrected chi connectivity index (χ3v) is 5.62. The first-order valence-electron chi connectivity index (χ1n) is 10.8. The molecule has 0 atom stereocenters. The van der Waals surface area contributed by atoms with Crippen molar-refractivity contribution in [3.63, 3.8) is 0 Å². The molecule has 0 radical (unpaired) electrons. The van der Waals surface area contributed by atoms with Gasteiger partial charge in [0.05, 0.1) is 19.7 Å². The van der Waals surface area contributed by atoms with E-state index in [9.17, 15) is 18.4 Å². The van der Waals surface area contributed by atoms with Crippen LogP contribution in [0.4, 0.5) is 8.78 Å². The van der Waals surface area contributed by atoms with Crippen molar-refractivity contribution in [2.75, 3.05) is 46.4 Å². The number of benzene rings is 2. The molecule has 0 aromatic heterocycles. The zero-order chi connectivity index (χ0) is 22.9. The second-order valence-corrected chi connectivity index (χ2v) is 7.85. The summed E-state index contributed by atoms with van der Waals surface area (Å²) >= 11 is 0. The Bertz CT molecular complexity index is 837. The predicted octanol–water partition coefficient (Wildman–Crippen LogP) is 2.74. The maximum Gasteiger partial charge on any atom is 0.305 e. The van der Waals surface area contributed by atoms with Gasteiger partial charge in [0.1, 0.15) is 11.6 Å². The topological polar surface area (TPSA) is 61.9 Å². The predicted molar refractivity (Wildman–Crippen MR) is 117 cm³/mol. The van der Waals surface area contributed by atoms with Crippen molar-refractivity contribution in [3.8, 4) is 0 Å². The van der Waals surface area contributed by atoms with E-state index in [1.165, 1.54) is 31.4 Å². The number of amides is 1. The molecule has 1 aliphatic rings. The van der Waals surface area contributed by atoms with E-state index in [0.29, 0.717) is 32.6 Å². The number of carbonyl (C=O) groups is 2. The maximum absolute atomic E-state index is 13.5. The highest BCUT2D eigenvalue weighted by Crippen LogP contribution is 2.30. The number of nitrogens with one attached hydrogen (secondary N) is 1. The molecule has 1 heterocycles. The van der Waals surface area contributed by atoms with Crippen LogP contribution in [0.25, 0.3) is 0 Å². The molecule has 2 aromatic carbocycles. The molecule has 172 valence electrons. The van der Waals surface area contributed by atoms with Gasteiger partial charge in [0, 0.05) is 39.1 Å². The van der Waals surface area contributed by atoms with Gasteiger partial charge in [-0.3, -0.25) is 19.4 Å². The van der Waals surface area contributed by atoms with Crippen molar-refractivity contribution in [1.82, 2.24) is 15.1 Å². The van der Waals surface area contributed by atoms with E-state index < -0.39 is 0 Å². The molecule has 32 heavy (non-hydrogen) atoms. The van der Waals surface area contributed by atoms with Crippen LogP contribution >= 0.6 is 0 Å². The Morgan fingerprint density at radius 1 is 0.938 bits per heavy atom. The van der Waals surface area contributed by atoms with Gasteiger partial charge >= 0.3 is 5.97 Å². The summed E-state index contributed by atoms with van der Waals surface area (Å²) in [5.74, 6) is -0.952. The minimum Gasteiger partial charge on any atom is -0.469 e. The molecular formula is C24H29F2N3O3. The van der Waals surface area contributed by atoms with Gasteiger partial charge in [-0.15, -0.1) is 0 Å². The average Bonchev–Trinajstić information content (AvgIpc) is 2.80. The molecule has 0 aliphatic carbocycles. The van der Waals surface area contributed by atoms with Gasteiger partial charge in [-0.2, -0.15) is 0 Å². The Kier molecular flexibility index (Phi) is 8.70. The molecule has 1 N–H and O–H groups in total. The van der Waals surface area contributed by atoms with Gasteiger partial charge in [0.15, 0.2) is 0 Å². The van der Waals surface area contributed by atoms with E-state index in [2.05, 4.69) is 19.9 Å². The third-order valence-electron chi connectivity index (χ3n) is 5.62. The normalized spacial score (nSPS) is 15.0. The van der Waals surface area contributed by atoms with Crippen LogP contribution in [0.3, 0.4) is 0 Å². The van der Waals surface area contributed by atoms with Crippen molar-refractivity contribution in [1.29, 1.82) is 0 Å². The highest BCUT2D eigenvalue weighted by molar-refractivity contribution is 5.78. The lowest BCUT2D eigenvalue weighted by molar-refractivity contribution is -0.140. The molecule has 6 nitrogen and oxygen atoms in total. The van der Waals surface area contributed by atoms with Crippen LogP contribution in [-0.4, -0.2) is 68.1 Å². The lowest BCUT2D eigenvalue weighted by Gasteiger charge is -2.39. The number of halogens is 2. The summed E-state index contributed by atoms with van der Waals surface area (Å²) in [6.45, 7) is 3.57. The van der Waals surface area contributed by atoms with Crippen molar-refractivity contribution >= 4 is 11.9 Å². The number of nitrogens with zero attached hydrogens (tertiary/aromatic N) is 2. The summed E-state index contributed by atoms with van der Waals surface area (Å²) in [5, 5.41) is 2.83. The van der Waals surface area contributed by atoms with Crippen molar-refractivity contribution < 1.29 is 23.1 Å². The zero-order valence-electron chi connectivity index (χ0n) is 18.2. The average molecular weight is 446 g/mol. The number of piperazine rings is 1. The maximum atomic E-state index is 13.5. The molecule has 2 aromatic rings. The Hall–Kier alpha value is -2.84. The molecule has 1 saturated heterocycles. The standard InChI is InChI=1S/C24H29F2N3O3/c1-32-23(31)3-2-12-27-22(30)17-28-13-15-29(16-14-28)24(18-4-8-20(25)9-5-18)19-6-10-21(26)11-7-19/h4-11,24H,2-3,12-17H2,1H3,(H,27,30). The molecule has 0 unspecified atom stereocenters. The van der Waals surface area contributed by atoms with Crippen LogP contribution in [0.15, 0.2) is 48.5 Å². The fourth-order valence-electron chi connectivity index (χ4n) is 3.91. The van der Waals surface area contributed by atoms with Crippen molar-refractivity contribution in [2.45, 2.75) is 18.9 Å². The summed E-state index contributed by atoms with van der Waals surface area (Å²) in [6, 6.07) is 12.7. The van der Waals surface area contributed by atoms with Gasteiger partial charge < -0.3 is 10.1 Å². The van der Waals surface area contributed by atoms with Crippen LogP contribution < -0.4 is 5.32 Å². The van der Waals surface area contributed by atoms with Crippen LogP contribution in [0.2, 0.25) is 0 Å². The van der Waals surface area contributed by atoms with E-state index in [0.717, 1.165) is 24.2 Å². The molecule has 1 aliphatic heterocycles. The lowest BCUT2D eigenvalue weighted by Crippen LogP contribution is -2.50. The SMILES string of the molecule is COC(=O)CCCNC(=O)CN1CCN(C(c2ccc(F)cc2)c2ccc(F)cc2)CC1. The summed E-state index contributed by atoms with van der Waals surface area (Å²) < 4.78 is 31.5. The Labute approximate surface area is 187 Å². The van der Waals surface area contributed by atoms with Gasteiger partial charge in [0.2, 0.25) is 5.91 Å². The van der Waals surface area contributed by atoms with E-state index in [1.54, 1.807) is 24.3 Å². The number of carbonyl (C=O) groups excluding carboxylic acids is 2. The number of esters is 1. The minimum absolute atomic E-state index is 0.0723. The first kappa shape index (κ1) is 23.8. The molecule has 0 bridgehead atoms. The number of hydrogen-bond donors (Lipinski definition) is 1. The van der Waals surface area contributed by atoms with E-state index in [4.69, 9.17) is 0 Å². The zero-order valence-corrected chi connectivity index (χ0v) is 18.2. The van der Waals surface area contributed by atoms with Crippen LogP contribution in [0.5, 0.6) is 0 Å². The first-order valence-corrected chi connectivity index (χ1v) is 10.8. The van der Waals surface area contributed by atoms with Crippen LogP contribution in [-0.2, 0) is 14.3 Å². The Balaban J connectivity index is 1.56. The van der Waals surface area contributed by atoms with E-state index >= 15 is 0 Å². The fourth-order valence-corrected chi connectivity index (χ4v) is 3.91. The second-order valence-electron chi connectivity index (χ2n) is 7.85. The molecule has 1 amide bonds. The molecule has 8 heteroatoms. The first-order chi connectivity index (χ1) is 15.5. The van der Waals surface area contributed by atoms with Crippen LogP contribution in [0.1, 0.15) is 30.0 Å². The molecule has 3 rings (SSSR count). The highest BCUT2D eigenvalue weighted by Gasteiger charge is 2.27. The molecule has 0 saturated carbocycles. The Morgan fingerprint density at radius 2 is 1.47 bits per heavy atom. The van der Waals surface area contributed by atoms with Crippen molar-refractivity contribution in [3.05, 3.63) is 71.3 Å². The number of hydrogen-bond acceptors (Lipinski definition) is 5. The quantitative estimate of drug-likeness (QED) is 0.475. The van der Waals surface area contributed by atoms with Gasteiger partial charge in [0.25, 0.3) is 0 Å². The highest BCUT2D eigenvalue weighted by atomic mass is 19.1. The fraction of sp³-hybridized carbons (Fsp3) is 0.417. The van der Waals surface area contributed by atoms with Gasteiger partial charge in [-0.25, -0.2) is 8.78 Å². The monoisotopic (exact) mass is 445 g/mol. The van der Waals surface area contributed by atoms with Crippen LogP contribution in [0, 0.1) is 11.6 Å². The van der Waals surface area contributed by atoms with E-state index in [-0.39, 0.29) is 36.0 Å². The number of methoxy groups -OCH3 is 1. The molecular weight excluding hydrogens is 416 g/mol. The largest absolute Gasteiger partial charge is 0.469 e. The number of ether oxygens (including phenoxy) is 1.